The summed E-state index contributed by atoms with van der Waals surface area (Å²) in [5, 5.41) is 3.22. The summed E-state index contributed by atoms with van der Waals surface area (Å²) in [4.78, 5) is 4.20. The van der Waals surface area contributed by atoms with Crippen LogP contribution in [0.4, 0.5) is 4.39 Å². The number of ether oxygens (including phenoxy) is 2. The number of benzene rings is 1. The molecule has 1 N–H and O–H groups in total. The van der Waals surface area contributed by atoms with E-state index in [-0.39, 0.29) is 17.6 Å². The first kappa shape index (κ1) is 15.3. The fourth-order valence-electron chi connectivity index (χ4n) is 2.28. The van der Waals surface area contributed by atoms with Crippen LogP contribution in [-0.4, -0.2) is 26.3 Å². The van der Waals surface area contributed by atoms with E-state index in [1.54, 1.807) is 19.4 Å². The maximum Gasteiger partial charge on any atom is 0.217 e. The van der Waals surface area contributed by atoms with Gasteiger partial charge in [-0.25, -0.2) is 9.37 Å². The first-order valence-corrected chi connectivity index (χ1v) is 6.68. The van der Waals surface area contributed by atoms with E-state index in [1.807, 2.05) is 25.2 Å². The van der Waals surface area contributed by atoms with Gasteiger partial charge in [-0.15, -0.1) is 0 Å². The Labute approximate surface area is 123 Å². The molecule has 0 aliphatic heterocycles. The molecule has 2 aromatic rings. The van der Waals surface area contributed by atoms with Crippen molar-refractivity contribution >= 4 is 0 Å². The van der Waals surface area contributed by atoms with Gasteiger partial charge >= 0.3 is 0 Å². The molecule has 0 bridgehead atoms. The van der Waals surface area contributed by atoms with Crippen molar-refractivity contribution in [1.29, 1.82) is 0 Å². The molecule has 0 saturated heterocycles. The van der Waals surface area contributed by atoms with Gasteiger partial charge in [-0.05, 0) is 37.2 Å². The lowest BCUT2D eigenvalue weighted by Crippen LogP contribution is -2.20. The Kier molecular flexibility index (Phi) is 5.11. The molecule has 112 valence electrons. The predicted octanol–water partition coefficient (Wildman–Crippen LogP) is 2.74. The second-order valence-corrected chi connectivity index (χ2v) is 4.62. The number of nitrogens with zero attached hydrogens (tertiary/aromatic N) is 1. The summed E-state index contributed by atoms with van der Waals surface area (Å²) in [6, 6.07) is 8.78. The molecule has 2 rings (SSSR count). The van der Waals surface area contributed by atoms with E-state index in [2.05, 4.69) is 10.3 Å². The number of aromatic nitrogens is 1. The highest BCUT2D eigenvalue weighted by Gasteiger charge is 2.16. The molecule has 4 nitrogen and oxygen atoms in total. The monoisotopic (exact) mass is 290 g/mol. The number of nitrogens with one attached hydrogen (secondary N) is 1. The van der Waals surface area contributed by atoms with E-state index in [0.717, 1.165) is 11.1 Å². The maximum absolute atomic E-state index is 13.8. The third-order valence-electron chi connectivity index (χ3n) is 3.37. The number of methoxy groups -OCH3 is 2. The van der Waals surface area contributed by atoms with Gasteiger partial charge in [-0.2, -0.15) is 0 Å². The largest absolute Gasteiger partial charge is 0.494 e. The van der Waals surface area contributed by atoms with Crippen LogP contribution in [0.1, 0.15) is 17.2 Å². The fraction of sp³-hybridized carbons (Fsp3) is 0.312. The Hall–Kier alpha value is -2.14. The SMILES string of the molecule is CNC(Cc1ccc(OC)c(F)c1)c1cccnc1OC. The van der Waals surface area contributed by atoms with Crippen molar-refractivity contribution in [2.45, 2.75) is 12.5 Å². The lowest BCUT2D eigenvalue weighted by Gasteiger charge is -2.19. The van der Waals surface area contributed by atoms with Gasteiger partial charge in [0.1, 0.15) is 0 Å². The molecule has 0 amide bonds. The lowest BCUT2D eigenvalue weighted by molar-refractivity contribution is 0.382. The minimum absolute atomic E-state index is 0.0126. The van der Waals surface area contributed by atoms with Crippen LogP contribution in [-0.2, 0) is 6.42 Å². The van der Waals surface area contributed by atoms with Crippen molar-refractivity contribution in [3.8, 4) is 11.6 Å². The van der Waals surface area contributed by atoms with Crippen LogP contribution in [0.3, 0.4) is 0 Å². The van der Waals surface area contributed by atoms with Crippen LogP contribution in [0.15, 0.2) is 36.5 Å². The van der Waals surface area contributed by atoms with Gasteiger partial charge < -0.3 is 14.8 Å². The van der Waals surface area contributed by atoms with Gasteiger partial charge in [0.15, 0.2) is 11.6 Å². The molecule has 0 aliphatic rings. The van der Waals surface area contributed by atoms with Gasteiger partial charge in [0.05, 0.1) is 14.2 Å². The van der Waals surface area contributed by atoms with Crippen molar-refractivity contribution < 1.29 is 13.9 Å². The van der Waals surface area contributed by atoms with E-state index < -0.39 is 0 Å². The summed E-state index contributed by atoms with van der Waals surface area (Å²) >= 11 is 0. The fourth-order valence-corrected chi connectivity index (χ4v) is 2.28. The Bertz CT molecular complexity index is 605. The number of hydrogen-bond donors (Lipinski definition) is 1. The minimum atomic E-state index is -0.358. The highest BCUT2D eigenvalue weighted by Crippen LogP contribution is 2.26. The number of pyridine rings is 1. The first-order valence-electron chi connectivity index (χ1n) is 6.68. The lowest BCUT2D eigenvalue weighted by atomic mass is 9.99. The Morgan fingerprint density at radius 2 is 2.05 bits per heavy atom. The van der Waals surface area contributed by atoms with Crippen molar-refractivity contribution in [2.24, 2.45) is 0 Å². The van der Waals surface area contributed by atoms with Crippen molar-refractivity contribution in [3.63, 3.8) is 0 Å². The third-order valence-corrected chi connectivity index (χ3v) is 3.37. The average Bonchev–Trinajstić information content (AvgIpc) is 2.52. The van der Waals surface area contributed by atoms with Crippen LogP contribution in [0.2, 0.25) is 0 Å². The second-order valence-electron chi connectivity index (χ2n) is 4.62. The molecule has 21 heavy (non-hydrogen) atoms. The summed E-state index contributed by atoms with van der Waals surface area (Å²) in [5.41, 5.74) is 1.82. The van der Waals surface area contributed by atoms with Gasteiger partial charge in [-0.1, -0.05) is 12.1 Å². The van der Waals surface area contributed by atoms with Crippen molar-refractivity contribution in [3.05, 3.63) is 53.5 Å². The molecule has 0 fully saturated rings. The number of hydrogen-bond acceptors (Lipinski definition) is 4. The molecule has 1 unspecified atom stereocenters. The van der Waals surface area contributed by atoms with E-state index in [4.69, 9.17) is 9.47 Å². The highest BCUT2D eigenvalue weighted by molar-refractivity contribution is 5.33. The van der Waals surface area contributed by atoms with E-state index in [0.29, 0.717) is 12.3 Å². The third kappa shape index (κ3) is 3.49. The summed E-state index contributed by atoms with van der Waals surface area (Å²) in [6.07, 6.45) is 2.31. The van der Waals surface area contributed by atoms with Gasteiger partial charge in [0.2, 0.25) is 5.88 Å². The summed E-state index contributed by atoms with van der Waals surface area (Å²) < 4.78 is 24.0. The zero-order valence-electron chi connectivity index (χ0n) is 12.4. The maximum atomic E-state index is 13.8. The number of rotatable bonds is 6. The normalized spacial score (nSPS) is 12.0. The van der Waals surface area contributed by atoms with Crippen molar-refractivity contribution in [1.82, 2.24) is 10.3 Å². The second kappa shape index (κ2) is 7.04. The number of halogens is 1. The minimum Gasteiger partial charge on any atom is -0.494 e. The Morgan fingerprint density at radius 1 is 1.24 bits per heavy atom. The molecule has 0 saturated carbocycles. The predicted molar refractivity (Wildman–Crippen MR) is 79.2 cm³/mol. The molecule has 0 spiro atoms. The highest BCUT2D eigenvalue weighted by atomic mass is 19.1. The molecule has 1 atom stereocenters. The average molecular weight is 290 g/mol. The van der Waals surface area contributed by atoms with Crippen LogP contribution in [0.25, 0.3) is 0 Å². The van der Waals surface area contributed by atoms with Gasteiger partial charge in [-0.3, -0.25) is 0 Å². The molecule has 1 aromatic heterocycles. The smallest absolute Gasteiger partial charge is 0.217 e. The summed E-state index contributed by atoms with van der Waals surface area (Å²) in [5.74, 6) is 0.465. The van der Waals surface area contributed by atoms with Crippen LogP contribution < -0.4 is 14.8 Å². The van der Waals surface area contributed by atoms with Crippen LogP contribution >= 0.6 is 0 Å². The molecule has 5 heteroatoms. The van der Waals surface area contributed by atoms with Gasteiger partial charge in [0, 0.05) is 17.8 Å². The first-order chi connectivity index (χ1) is 10.2. The standard InChI is InChI=1S/C16H19FN2O2/c1-18-14(12-5-4-8-19-16(12)21-3)10-11-6-7-15(20-2)13(17)9-11/h4-9,14,18H,10H2,1-3H3. The molecular formula is C16H19FN2O2. The summed E-state index contributed by atoms with van der Waals surface area (Å²) in [6.45, 7) is 0. The molecular weight excluding hydrogens is 271 g/mol. The molecule has 1 heterocycles. The Morgan fingerprint density at radius 3 is 2.67 bits per heavy atom. The van der Waals surface area contributed by atoms with Crippen molar-refractivity contribution in [2.75, 3.05) is 21.3 Å². The molecule has 0 aliphatic carbocycles. The van der Waals surface area contributed by atoms with E-state index in [1.165, 1.54) is 13.2 Å². The summed E-state index contributed by atoms with van der Waals surface area (Å²) in [7, 11) is 4.90. The number of likely N-dealkylation sites (N-methyl/N-ethyl adjacent to an activating group) is 1. The zero-order chi connectivity index (χ0) is 15.2. The van der Waals surface area contributed by atoms with Crippen LogP contribution in [0, 0.1) is 5.82 Å². The van der Waals surface area contributed by atoms with E-state index in [9.17, 15) is 4.39 Å². The zero-order valence-corrected chi connectivity index (χ0v) is 12.4. The van der Waals surface area contributed by atoms with Gasteiger partial charge in [0.25, 0.3) is 0 Å². The topological polar surface area (TPSA) is 43.4 Å². The molecule has 1 aromatic carbocycles. The molecule has 0 radical (unpaired) electrons. The Balaban J connectivity index is 2.25. The quantitative estimate of drug-likeness (QED) is 0.888. The van der Waals surface area contributed by atoms with Crippen LogP contribution in [0.5, 0.6) is 11.6 Å². The van der Waals surface area contributed by atoms with E-state index >= 15 is 0 Å².